The van der Waals surface area contributed by atoms with E-state index in [2.05, 4.69) is 15.9 Å². The standard InChI is InChI=1S/C10H11BrFNO3S/c1-6(2)17(15,16)13-10(14)7-3-4-9(12)8(11)5-7/h3-6H,1-2H3,(H,13,14). The van der Waals surface area contributed by atoms with Crippen molar-refractivity contribution >= 4 is 31.9 Å². The average Bonchev–Trinajstić information content (AvgIpc) is 2.21. The van der Waals surface area contributed by atoms with E-state index in [1.54, 1.807) is 0 Å². The van der Waals surface area contributed by atoms with Crippen LogP contribution >= 0.6 is 15.9 Å². The normalized spacial score (nSPS) is 11.6. The Morgan fingerprint density at radius 2 is 2.00 bits per heavy atom. The molecular formula is C10H11BrFNO3S. The first kappa shape index (κ1) is 14.1. The van der Waals surface area contributed by atoms with Gasteiger partial charge in [-0.3, -0.25) is 4.79 Å². The zero-order valence-electron chi connectivity index (χ0n) is 9.20. The van der Waals surface area contributed by atoms with Crippen molar-refractivity contribution in [1.29, 1.82) is 0 Å². The van der Waals surface area contributed by atoms with Crippen molar-refractivity contribution < 1.29 is 17.6 Å². The van der Waals surface area contributed by atoms with Gasteiger partial charge in [-0.15, -0.1) is 0 Å². The molecule has 17 heavy (non-hydrogen) atoms. The number of sulfonamides is 1. The summed E-state index contributed by atoms with van der Waals surface area (Å²) in [6.45, 7) is 2.91. The maximum Gasteiger partial charge on any atom is 0.264 e. The topological polar surface area (TPSA) is 63.2 Å². The number of carbonyl (C=O) groups is 1. The Balaban J connectivity index is 2.95. The second-order valence-corrected chi connectivity index (χ2v) is 6.75. The molecule has 4 nitrogen and oxygen atoms in total. The second-order valence-electron chi connectivity index (χ2n) is 3.65. The third-order valence-electron chi connectivity index (χ3n) is 2.04. The molecular weight excluding hydrogens is 313 g/mol. The van der Waals surface area contributed by atoms with Crippen LogP contribution in [-0.2, 0) is 10.0 Å². The molecule has 0 saturated heterocycles. The molecule has 0 unspecified atom stereocenters. The zero-order chi connectivity index (χ0) is 13.2. The van der Waals surface area contributed by atoms with Gasteiger partial charge in [-0.2, -0.15) is 0 Å². The van der Waals surface area contributed by atoms with Gasteiger partial charge in [0, 0.05) is 5.56 Å². The highest BCUT2D eigenvalue weighted by atomic mass is 79.9. The maximum absolute atomic E-state index is 12.9. The molecule has 1 N–H and O–H groups in total. The van der Waals surface area contributed by atoms with Gasteiger partial charge in [0.15, 0.2) is 0 Å². The minimum Gasteiger partial charge on any atom is -0.268 e. The fourth-order valence-corrected chi connectivity index (χ4v) is 1.93. The van der Waals surface area contributed by atoms with Gasteiger partial charge < -0.3 is 0 Å². The summed E-state index contributed by atoms with van der Waals surface area (Å²) in [5.41, 5.74) is 0.0718. The Kier molecular flexibility index (Phi) is 4.26. The molecule has 0 radical (unpaired) electrons. The van der Waals surface area contributed by atoms with Crippen molar-refractivity contribution in [3.8, 4) is 0 Å². The number of amides is 1. The lowest BCUT2D eigenvalue weighted by molar-refractivity contribution is 0.0981. The number of nitrogens with one attached hydrogen (secondary N) is 1. The van der Waals surface area contributed by atoms with E-state index < -0.39 is 27.0 Å². The maximum atomic E-state index is 12.9. The van der Waals surface area contributed by atoms with Crippen LogP contribution in [0.3, 0.4) is 0 Å². The van der Waals surface area contributed by atoms with E-state index in [0.717, 1.165) is 6.07 Å². The Hall–Kier alpha value is -0.950. The molecule has 0 aliphatic carbocycles. The van der Waals surface area contributed by atoms with E-state index in [-0.39, 0.29) is 10.0 Å². The zero-order valence-corrected chi connectivity index (χ0v) is 11.6. The monoisotopic (exact) mass is 323 g/mol. The minimum absolute atomic E-state index is 0.0718. The van der Waals surface area contributed by atoms with Crippen LogP contribution in [0.4, 0.5) is 4.39 Å². The Morgan fingerprint density at radius 1 is 1.41 bits per heavy atom. The lowest BCUT2D eigenvalue weighted by atomic mass is 10.2. The smallest absolute Gasteiger partial charge is 0.264 e. The van der Waals surface area contributed by atoms with Crippen LogP contribution in [0, 0.1) is 5.82 Å². The van der Waals surface area contributed by atoms with E-state index in [4.69, 9.17) is 0 Å². The van der Waals surface area contributed by atoms with Crippen LogP contribution in [0.25, 0.3) is 0 Å². The van der Waals surface area contributed by atoms with Gasteiger partial charge in [-0.1, -0.05) is 0 Å². The van der Waals surface area contributed by atoms with Crippen LogP contribution < -0.4 is 4.72 Å². The summed E-state index contributed by atoms with van der Waals surface area (Å²) in [6, 6.07) is 3.52. The summed E-state index contributed by atoms with van der Waals surface area (Å²) in [5, 5.41) is -0.713. The number of benzene rings is 1. The molecule has 1 amide bonds. The largest absolute Gasteiger partial charge is 0.268 e. The molecule has 1 rings (SSSR count). The number of halogens is 2. The fourth-order valence-electron chi connectivity index (χ4n) is 0.943. The molecule has 0 aromatic heterocycles. The van der Waals surface area contributed by atoms with Gasteiger partial charge >= 0.3 is 0 Å². The molecule has 1 aromatic rings. The first-order valence-corrected chi connectivity index (χ1v) is 7.09. The summed E-state index contributed by atoms with van der Waals surface area (Å²) in [7, 11) is -3.68. The predicted molar refractivity (Wildman–Crippen MR) is 65.6 cm³/mol. The Bertz CT molecular complexity index is 542. The lowest BCUT2D eigenvalue weighted by Crippen LogP contribution is -2.35. The molecule has 0 aliphatic rings. The van der Waals surface area contributed by atoms with E-state index in [0.29, 0.717) is 0 Å². The quantitative estimate of drug-likeness (QED) is 0.926. The molecule has 1 aromatic carbocycles. The van der Waals surface area contributed by atoms with Crippen molar-refractivity contribution in [2.24, 2.45) is 0 Å². The number of rotatable bonds is 3. The molecule has 0 atom stereocenters. The van der Waals surface area contributed by atoms with Gasteiger partial charge in [0.25, 0.3) is 5.91 Å². The Morgan fingerprint density at radius 3 is 2.47 bits per heavy atom. The summed E-state index contributed by atoms with van der Waals surface area (Å²) >= 11 is 2.92. The second kappa shape index (κ2) is 5.14. The fraction of sp³-hybridized carbons (Fsp3) is 0.300. The highest BCUT2D eigenvalue weighted by Crippen LogP contribution is 2.17. The molecule has 94 valence electrons. The first-order chi connectivity index (χ1) is 7.74. The number of hydrogen-bond acceptors (Lipinski definition) is 3. The van der Waals surface area contributed by atoms with Crippen molar-refractivity contribution in [2.75, 3.05) is 0 Å². The summed E-state index contributed by atoms with van der Waals surface area (Å²) in [5.74, 6) is -1.30. The average molecular weight is 324 g/mol. The first-order valence-electron chi connectivity index (χ1n) is 4.75. The van der Waals surface area contributed by atoms with Gasteiger partial charge in [0.2, 0.25) is 10.0 Å². The molecule has 7 heteroatoms. The lowest BCUT2D eigenvalue weighted by Gasteiger charge is -2.09. The summed E-state index contributed by atoms with van der Waals surface area (Å²) in [6.07, 6.45) is 0. The van der Waals surface area contributed by atoms with Crippen LogP contribution in [0.1, 0.15) is 24.2 Å². The van der Waals surface area contributed by atoms with Gasteiger partial charge in [-0.25, -0.2) is 17.5 Å². The third-order valence-corrected chi connectivity index (χ3v) is 4.36. The number of carbonyl (C=O) groups excluding carboxylic acids is 1. The van der Waals surface area contributed by atoms with Crippen molar-refractivity contribution in [1.82, 2.24) is 4.72 Å². The van der Waals surface area contributed by atoms with Gasteiger partial charge in [0.1, 0.15) is 5.82 Å². The summed E-state index contributed by atoms with van der Waals surface area (Å²) in [4.78, 5) is 11.6. The summed E-state index contributed by atoms with van der Waals surface area (Å²) < 4.78 is 37.8. The molecule has 0 heterocycles. The van der Waals surface area contributed by atoms with E-state index in [9.17, 15) is 17.6 Å². The highest BCUT2D eigenvalue weighted by Gasteiger charge is 2.20. The Labute approximate surface area is 107 Å². The van der Waals surface area contributed by atoms with Crippen LogP contribution in [0.5, 0.6) is 0 Å². The van der Waals surface area contributed by atoms with Crippen LogP contribution in [0.2, 0.25) is 0 Å². The SMILES string of the molecule is CC(C)S(=O)(=O)NC(=O)c1ccc(F)c(Br)c1. The predicted octanol–water partition coefficient (Wildman–Crippen LogP) is 2.06. The molecule has 0 saturated carbocycles. The van der Waals surface area contributed by atoms with E-state index in [1.165, 1.54) is 26.0 Å². The molecule has 0 spiro atoms. The van der Waals surface area contributed by atoms with Crippen molar-refractivity contribution in [3.63, 3.8) is 0 Å². The molecule has 0 fully saturated rings. The van der Waals surface area contributed by atoms with Crippen LogP contribution in [-0.4, -0.2) is 19.6 Å². The minimum atomic E-state index is -3.68. The number of hydrogen-bond donors (Lipinski definition) is 1. The molecule has 0 bridgehead atoms. The van der Waals surface area contributed by atoms with Crippen molar-refractivity contribution in [3.05, 3.63) is 34.1 Å². The van der Waals surface area contributed by atoms with Crippen molar-refractivity contribution in [2.45, 2.75) is 19.1 Å². The van der Waals surface area contributed by atoms with E-state index in [1.807, 2.05) is 4.72 Å². The highest BCUT2D eigenvalue weighted by molar-refractivity contribution is 9.10. The van der Waals surface area contributed by atoms with E-state index >= 15 is 0 Å². The molecule has 0 aliphatic heterocycles. The van der Waals surface area contributed by atoms with Gasteiger partial charge in [-0.05, 0) is 48.0 Å². The third kappa shape index (κ3) is 3.50. The van der Waals surface area contributed by atoms with Crippen LogP contribution in [0.15, 0.2) is 22.7 Å². The van der Waals surface area contributed by atoms with Gasteiger partial charge in [0.05, 0.1) is 9.72 Å².